The highest BCUT2D eigenvalue weighted by molar-refractivity contribution is 5.10. The zero-order valence-electron chi connectivity index (χ0n) is 12.3. The highest BCUT2D eigenvalue weighted by Gasteiger charge is 2.44. The van der Waals surface area contributed by atoms with Crippen LogP contribution in [0.2, 0.25) is 0 Å². The van der Waals surface area contributed by atoms with Crippen LogP contribution < -0.4 is 5.73 Å². The van der Waals surface area contributed by atoms with Crippen LogP contribution in [0.15, 0.2) is 4.52 Å². The summed E-state index contributed by atoms with van der Waals surface area (Å²) in [5, 5.41) is 4.26. The molecule has 2 N–H and O–H groups in total. The van der Waals surface area contributed by atoms with E-state index >= 15 is 0 Å². The quantitative estimate of drug-likeness (QED) is 0.899. The molecule has 1 heterocycles. The van der Waals surface area contributed by atoms with Crippen molar-refractivity contribution in [3.05, 3.63) is 11.7 Å². The molecule has 0 aliphatic heterocycles. The first-order valence-electron chi connectivity index (χ1n) is 8.27. The highest BCUT2D eigenvalue weighted by Crippen LogP contribution is 2.52. The molecule has 110 valence electrons. The van der Waals surface area contributed by atoms with Gasteiger partial charge in [-0.2, -0.15) is 4.98 Å². The number of hydrogen-bond donors (Lipinski definition) is 1. The Bertz CT molecular complexity index is 500. The van der Waals surface area contributed by atoms with Crippen molar-refractivity contribution in [3.8, 4) is 0 Å². The van der Waals surface area contributed by atoms with Gasteiger partial charge in [-0.25, -0.2) is 0 Å². The second-order valence-electron chi connectivity index (χ2n) is 7.60. The van der Waals surface area contributed by atoms with Crippen molar-refractivity contribution < 1.29 is 4.52 Å². The van der Waals surface area contributed by atoms with Gasteiger partial charge in [0.25, 0.3) is 0 Å². The van der Waals surface area contributed by atoms with E-state index in [1.54, 1.807) is 0 Å². The monoisotopic (exact) mass is 275 g/mol. The average molecular weight is 275 g/mol. The van der Waals surface area contributed by atoms with E-state index in [1.807, 2.05) is 0 Å². The minimum atomic E-state index is -0.350. The molecule has 1 aromatic heterocycles. The van der Waals surface area contributed by atoms with Crippen LogP contribution in [0.1, 0.15) is 75.9 Å². The fourth-order valence-corrected chi connectivity index (χ4v) is 4.93. The molecular weight excluding hydrogens is 250 g/mol. The van der Waals surface area contributed by atoms with Crippen molar-refractivity contribution in [3.63, 3.8) is 0 Å². The van der Waals surface area contributed by atoms with E-state index in [0.29, 0.717) is 11.8 Å². The normalized spacial score (nSPS) is 44.1. The molecule has 5 atom stereocenters. The molecule has 0 saturated heterocycles. The van der Waals surface area contributed by atoms with Gasteiger partial charge in [-0.3, -0.25) is 0 Å². The fourth-order valence-electron chi connectivity index (χ4n) is 4.93. The second kappa shape index (κ2) is 4.55. The SMILES string of the molecule is CC1CCCC(N)(c2noc(C3CC4CCC3C4)n2)C1. The van der Waals surface area contributed by atoms with Gasteiger partial charge in [0.2, 0.25) is 5.89 Å². The summed E-state index contributed by atoms with van der Waals surface area (Å²) in [6.07, 6.45) is 9.80. The molecule has 3 aliphatic rings. The molecule has 1 aromatic rings. The summed E-state index contributed by atoms with van der Waals surface area (Å²) in [5.41, 5.74) is 6.22. The zero-order valence-corrected chi connectivity index (χ0v) is 12.3. The van der Waals surface area contributed by atoms with Gasteiger partial charge in [-0.1, -0.05) is 31.3 Å². The Kier molecular flexibility index (Phi) is 2.92. The second-order valence-corrected chi connectivity index (χ2v) is 7.60. The Morgan fingerprint density at radius 3 is 2.85 bits per heavy atom. The summed E-state index contributed by atoms with van der Waals surface area (Å²) in [6.45, 7) is 2.28. The summed E-state index contributed by atoms with van der Waals surface area (Å²) < 4.78 is 5.61. The van der Waals surface area contributed by atoms with E-state index in [0.717, 1.165) is 36.4 Å². The van der Waals surface area contributed by atoms with Crippen molar-refractivity contribution >= 4 is 0 Å². The third-order valence-electron chi connectivity index (χ3n) is 5.97. The van der Waals surface area contributed by atoms with E-state index in [9.17, 15) is 0 Å². The molecule has 4 heteroatoms. The number of fused-ring (bicyclic) bond motifs is 2. The summed E-state index contributed by atoms with van der Waals surface area (Å²) in [5.74, 6) is 4.50. The lowest BCUT2D eigenvalue weighted by atomic mass is 9.76. The molecule has 20 heavy (non-hydrogen) atoms. The van der Waals surface area contributed by atoms with Crippen LogP contribution >= 0.6 is 0 Å². The van der Waals surface area contributed by atoms with Crippen molar-refractivity contribution in [1.82, 2.24) is 10.1 Å². The van der Waals surface area contributed by atoms with E-state index in [2.05, 4.69) is 12.1 Å². The molecular formula is C16H25N3O. The van der Waals surface area contributed by atoms with Crippen LogP contribution in [0.3, 0.4) is 0 Å². The molecule has 3 saturated carbocycles. The molecule has 5 unspecified atom stereocenters. The van der Waals surface area contributed by atoms with E-state index in [1.165, 1.54) is 38.5 Å². The predicted octanol–water partition coefficient (Wildman–Crippen LogP) is 3.34. The lowest BCUT2D eigenvalue weighted by Crippen LogP contribution is -2.42. The predicted molar refractivity (Wildman–Crippen MR) is 76.0 cm³/mol. The number of rotatable bonds is 2. The topological polar surface area (TPSA) is 64.9 Å². The number of aromatic nitrogens is 2. The number of nitrogens with two attached hydrogens (primary N) is 1. The van der Waals surface area contributed by atoms with Gasteiger partial charge < -0.3 is 10.3 Å². The standard InChI is InChI=1S/C16H25N3O/c1-10-3-2-6-16(17,9-10)15-18-14(20-19-15)13-8-11-4-5-12(13)7-11/h10-13H,2-9,17H2,1H3. The van der Waals surface area contributed by atoms with Crippen molar-refractivity contribution in [2.24, 2.45) is 23.5 Å². The first-order valence-corrected chi connectivity index (χ1v) is 8.27. The van der Waals surface area contributed by atoms with Crippen LogP contribution in [-0.2, 0) is 5.54 Å². The minimum Gasteiger partial charge on any atom is -0.339 e. The Hall–Kier alpha value is -0.900. The van der Waals surface area contributed by atoms with Gasteiger partial charge in [0.05, 0.1) is 5.54 Å². The first kappa shape index (κ1) is 12.8. The van der Waals surface area contributed by atoms with Gasteiger partial charge in [0.1, 0.15) is 0 Å². The number of nitrogens with zero attached hydrogens (tertiary/aromatic N) is 2. The Balaban J connectivity index is 1.56. The molecule has 3 fully saturated rings. The molecule has 3 aliphatic carbocycles. The van der Waals surface area contributed by atoms with E-state index in [-0.39, 0.29) is 5.54 Å². The fraction of sp³-hybridized carbons (Fsp3) is 0.875. The average Bonchev–Trinajstić information content (AvgIpc) is 3.14. The van der Waals surface area contributed by atoms with E-state index < -0.39 is 0 Å². The van der Waals surface area contributed by atoms with E-state index in [4.69, 9.17) is 15.2 Å². The molecule has 0 amide bonds. The van der Waals surface area contributed by atoms with Crippen molar-refractivity contribution in [1.29, 1.82) is 0 Å². The largest absolute Gasteiger partial charge is 0.339 e. The van der Waals surface area contributed by atoms with Crippen LogP contribution in [0.5, 0.6) is 0 Å². The molecule has 0 radical (unpaired) electrons. The maximum atomic E-state index is 6.57. The van der Waals surface area contributed by atoms with Gasteiger partial charge in [0.15, 0.2) is 5.82 Å². The first-order chi connectivity index (χ1) is 9.64. The van der Waals surface area contributed by atoms with Gasteiger partial charge >= 0.3 is 0 Å². The Morgan fingerprint density at radius 2 is 2.15 bits per heavy atom. The number of hydrogen-bond acceptors (Lipinski definition) is 4. The minimum absolute atomic E-state index is 0.350. The Morgan fingerprint density at radius 1 is 1.25 bits per heavy atom. The summed E-state index contributed by atoms with van der Waals surface area (Å²) in [4.78, 5) is 4.74. The molecule has 4 nitrogen and oxygen atoms in total. The van der Waals surface area contributed by atoms with Gasteiger partial charge in [0, 0.05) is 5.92 Å². The lowest BCUT2D eigenvalue weighted by Gasteiger charge is -2.33. The van der Waals surface area contributed by atoms with Crippen molar-refractivity contribution in [2.75, 3.05) is 0 Å². The summed E-state index contributed by atoms with van der Waals surface area (Å²) >= 11 is 0. The van der Waals surface area contributed by atoms with Gasteiger partial charge in [-0.15, -0.1) is 0 Å². The molecule has 0 spiro atoms. The maximum Gasteiger partial charge on any atom is 0.230 e. The maximum absolute atomic E-state index is 6.57. The molecule has 2 bridgehead atoms. The highest BCUT2D eigenvalue weighted by atomic mass is 16.5. The lowest BCUT2D eigenvalue weighted by molar-refractivity contribution is 0.220. The summed E-state index contributed by atoms with van der Waals surface area (Å²) in [6, 6.07) is 0. The van der Waals surface area contributed by atoms with Crippen LogP contribution in [-0.4, -0.2) is 10.1 Å². The van der Waals surface area contributed by atoms with Crippen LogP contribution in [0.25, 0.3) is 0 Å². The zero-order chi connectivity index (χ0) is 13.7. The molecule has 4 rings (SSSR count). The summed E-state index contributed by atoms with van der Waals surface area (Å²) in [7, 11) is 0. The van der Waals surface area contributed by atoms with Crippen LogP contribution in [0.4, 0.5) is 0 Å². The Labute approximate surface area is 120 Å². The van der Waals surface area contributed by atoms with Gasteiger partial charge in [-0.05, 0) is 49.9 Å². The third-order valence-corrected chi connectivity index (χ3v) is 5.97. The molecule has 0 aromatic carbocycles. The smallest absolute Gasteiger partial charge is 0.230 e. The van der Waals surface area contributed by atoms with Crippen molar-refractivity contribution in [2.45, 2.75) is 69.7 Å². The third kappa shape index (κ3) is 2.00. The van der Waals surface area contributed by atoms with Crippen LogP contribution in [0, 0.1) is 17.8 Å².